The quantitative estimate of drug-likeness (QED) is 0.362. The van der Waals surface area contributed by atoms with E-state index in [2.05, 4.69) is 5.16 Å². The first-order chi connectivity index (χ1) is 11.4. The Bertz CT molecular complexity index is 854. The first kappa shape index (κ1) is 16.4. The average molecular weight is 346 g/mol. The van der Waals surface area contributed by atoms with E-state index in [4.69, 9.17) is 4.84 Å². The lowest BCUT2D eigenvalue weighted by atomic mass is 10.0. The normalized spacial score (nSPS) is 24.2. The predicted molar refractivity (Wildman–Crippen MR) is 90.6 cm³/mol. The molecule has 0 spiro atoms. The van der Waals surface area contributed by atoms with Crippen LogP contribution in [0, 0.1) is 0 Å². The molecule has 1 fully saturated rings. The molecule has 0 radical (unpaired) electrons. The lowest BCUT2D eigenvalue weighted by Gasteiger charge is -2.42. The molecule has 1 saturated heterocycles. The third-order valence-electron chi connectivity index (χ3n) is 3.78. The zero-order valence-corrected chi connectivity index (χ0v) is 14.3. The Labute approximate surface area is 141 Å². The molecule has 0 saturated carbocycles. The molecule has 1 aromatic carbocycles. The fraction of sp³-hybridized carbons (Fsp3) is 0.294. The smallest absolute Gasteiger partial charge is 0.258 e. The summed E-state index contributed by atoms with van der Waals surface area (Å²) in [5.74, 6) is -0.334. The lowest BCUT2D eigenvalue weighted by Crippen LogP contribution is -2.58. The van der Waals surface area contributed by atoms with Gasteiger partial charge in [0.15, 0.2) is 15.2 Å². The maximum Gasteiger partial charge on any atom is 0.258 e. The number of sulfone groups is 1. The largest absolute Gasteiger partial charge is 0.391 e. The molecule has 0 aromatic heterocycles. The van der Waals surface area contributed by atoms with Crippen LogP contribution in [0.2, 0.25) is 0 Å². The van der Waals surface area contributed by atoms with Crippen LogP contribution in [-0.4, -0.2) is 36.1 Å². The van der Waals surface area contributed by atoms with Crippen molar-refractivity contribution in [2.45, 2.75) is 25.8 Å². The molecular formula is C17H18N2O4S. The van der Waals surface area contributed by atoms with Crippen molar-refractivity contribution in [1.82, 2.24) is 4.90 Å². The minimum atomic E-state index is -3.39. The summed E-state index contributed by atoms with van der Waals surface area (Å²) in [5.41, 5.74) is 2.33. The molecule has 3 rings (SSSR count). The highest BCUT2D eigenvalue weighted by atomic mass is 32.2. The molecule has 126 valence electrons. The number of carbonyl (C=O) groups excluding carboxylic acids is 1. The van der Waals surface area contributed by atoms with Crippen molar-refractivity contribution in [2.24, 2.45) is 5.16 Å². The second kappa shape index (κ2) is 6.24. The molecule has 0 aliphatic carbocycles. The van der Waals surface area contributed by atoms with E-state index in [0.717, 1.165) is 5.56 Å². The van der Waals surface area contributed by atoms with E-state index in [0.29, 0.717) is 17.9 Å². The maximum atomic E-state index is 12.2. The van der Waals surface area contributed by atoms with E-state index in [1.54, 1.807) is 20.0 Å². The molecule has 2 aliphatic heterocycles. The zero-order chi connectivity index (χ0) is 17.3. The van der Waals surface area contributed by atoms with E-state index in [9.17, 15) is 13.2 Å². The Balaban J connectivity index is 1.72. The Morgan fingerprint density at radius 3 is 2.79 bits per heavy atom. The number of allylic oxidation sites excluding steroid dienone is 1. The van der Waals surface area contributed by atoms with Gasteiger partial charge in [0, 0.05) is 6.20 Å². The van der Waals surface area contributed by atoms with Crippen LogP contribution in [0.3, 0.4) is 0 Å². The van der Waals surface area contributed by atoms with Gasteiger partial charge >= 0.3 is 0 Å². The first-order valence-electron chi connectivity index (χ1n) is 7.52. The molecule has 1 aromatic rings. The molecule has 1 atom stereocenters. The number of hydrogen-bond donors (Lipinski definition) is 0. The molecule has 1 unspecified atom stereocenters. The van der Waals surface area contributed by atoms with Crippen LogP contribution in [0.1, 0.15) is 19.4 Å². The van der Waals surface area contributed by atoms with Crippen molar-refractivity contribution in [3.63, 3.8) is 0 Å². The third kappa shape index (κ3) is 3.12. The summed E-state index contributed by atoms with van der Waals surface area (Å²) in [5, 5.41) is 3.04. The minimum Gasteiger partial charge on any atom is -0.391 e. The highest BCUT2D eigenvalue weighted by Gasteiger charge is 2.51. The standard InChI is InChI=1S/C17H18N2O4S/c1-12-9-19-16(20)15(17(19)24(21,22)11-12)8-13(2)18-23-10-14-6-4-3-5-7-14/h3-9,17H,10-11H2,1-2H3/b15-8-,18-13+. The van der Waals surface area contributed by atoms with Crippen molar-refractivity contribution in [2.75, 3.05) is 5.75 Å². The summed E-state index contributed by atoms with van der Waals surface area (Å²) in [6.45, 7) is 3.68. The van der Waals surface area contributed by atoms with Crippen LogP contribution < -0.4 is 0 Å². The van der Waals surface area contributed by atoms with E-state index >= 15 is 0 Å². The van der Waals surface area contributed by atoms with Gasteiger partial charge in [-0.15, -0.1) is 0 Å². The predicted octanol–water partition coefficient (Wildman–Crippen LogP) is 2.01. The van der Waals surface area contributed by atoms with Crippen LogP contribution in [0.4, 0.5) is 0 Å². The number of benzene rings is 1. The first-order valence-corrected chi connectivity index (χ1v) is 9.23. The average Bonchev–Trinajstić information content (AvgIpc) is 2.52. The summed E-state index contributed by atoms with van der Waals surface area (Å²) in [6, 6.07) is 9.56. The molecule has 0 bridgehead atoms. The van der Waals surface area contributed by atoms with Crippen LogP contribution in [0.5, 0.6) is 0 Å². The molecule has 2 aliphatic rings. The minimum absolute atomic E-state index is 0.0283. The van der Waals surface area contributed by atoms with Crippen LogP contribution in [-0.2, 0) is 26.1 Å². The van der Waals surface area contributed by atoms with Gasteiger partial charge in [-0.2, -0.15) is 0 Å². The van der Waals surface area contributed by atoms with Crippen LogP contribution >= 0.6 is 0 Å². The van der Waals surface area contributed by atoms with Gasteiger partial charge in [-0.3, -0.25) is 9.69 Å². The van der Waals surface area contributed by atoms with Gasteiger partial charge in [-0.05, 0) is 31.1 Å². The Morgan fingerprint density at radius 2 is 2.08 bits per heavy atom. The van der Waals surface area contributed by atoms with Crippen molar-refractivity contribution in [1.29, 1.82) is 0 Å². The number of oxime groups is 1. The van der Waals surface area contributed by atoms with Crippen molar-refractivity contribution in [3.8, 4) is 0 Å². The van der Waals surface area contributed by atoms with E-state index < -0.39 is 15.2 Å². The summed E-state index contributed by atoms with van der Waals surface area (Å²) >= 11 is 0. The number of β-lactam (4-membered cyclic amide) rings is 1. The molecule has 1 amide bonds. The van der Waals surface area contributed by atoms with Crippen LogP contribution in [0.25, 0.3) is 0 Å². The Morgan fingerprint density at radius 1 is 1.38 bits per heavy atom. The number of nitrogens with zero attached hydrogens (tertiary/aromatic N) is 2. The maximum absolute atomic E-state index is 12.2. The number of carbonyl (C=O) groups is 1. The SMILES string of the molecule is CC1=CN2C(=O)/C(=C/C(C)=N/OCc3ccccc3)C2S(=O)(=O)C1. The monoisotopic (exact) mass is 346 g/mol. The number of fused-ring (bicyclic) bond motifs is 1. The highest BCUT2D eigenvalue weighted by Crippen LogP contribution is 2.35. The number of hydrogen-bond acceptors (Lipinski definition) is 5. The molecule has 6 nitrogen and oxygen atoms in total. The molecule has 0 N–H and O–H groups in total. The molecule has 24 heavy (non-hydrogen) atoms. The Hall–Kier alpha value is -2.41. The second-order valence-electron chi connectivity index (χ2n) is 5.94. The highest BCUT2D eigenvalue weighted by molar-refractivity contribution is 7.92. The zero-order valence-electron chi connectivity index (χ0n) is 13.5. The van der Waals surface area contributed by atoms with Crippen molar-refractivity contribution < 1.29 is 18.0 Å². The number of amides is 1. The Kier molecular flexibility index (Phi) is 4.28. The number of rotatable bonds is 4. The summed E-state index contributed by atoms with van der Waals surface area (Å²) in [6.07, 6.45) is 3.09. The summed E-state index contributed by atoms with van der Waals surface area (Å²) < 4.78 is 24.5. The molecule has 7 heteroatoms. The third-order valence-corrected chi connectivity index (χ3v) is 5.79. The second-order valence-corrected chi connectivity index (χ2v) is 8.00. The lowest BCUT2D eigenvalue weighted by molar-refractivity contribution is -0.130. The fourth-order valence-corrected chi connectivity index (χ4v) is 4.70. The molecular weight excluding hydrogens is 328 g/mol. The van der Waals surface area contributed by atoms with Crippen molar-refractivity contribution >= 4 is 21.5 Å². The fourth-order valence-electron chi connectivity index (χ4n) is 2.78. The van der Waals surface area contributed by atoms with E-state index in [-0.39, 0.29) is 17.2 Å². The summed E-state index contributed by atoms with van der Waals surface area (Å²) in [7, 11) is -3.39. The van der Waals surface area contributed by atoms with Gasteiger partial charge in [-0.25, -0.2) is 8.42 Å². The van der Waals surface area contributed by atoms with Gasteiger partial charge < -0.3 is 4.84 Å². The summed E-state index contributed by atoms with van der Waals surface area (Å²) in [4.78, 5) is 18.6. The van der Waals surface area contributed by atoms with E-state index in [1.807, 2.05) is 30.3 Å². The van der Waals surface area contributed by atoms with Crippen LogP contribution in [0.15, 0.2) is 58.9 Å². The van der Waals surface area contributed by atoms with Gasteiger partial charge in [0.25, 0.3) is 5.91 Å². The van der Waals surface area contributed by atoms with Gasteiger partial charge in [0.2, 0.25) is 0 Å². The van der Waals surface area contributed by atoms with Crippen molar-refractivity contribution in [3.05, 3.63) is 59.3 Å². The van der Waals surface area contributed by atoms with E-state index in [1.165, 1.54) is 11.0 Å². The topological polar surface area (TPSA) is 76.0 Å². The van der Waals surface area contributed by atoms with Gasteiger partial charge in [-0.1, -0.05) is 35.5 Å². The van der Waals surface area contributed by atoms with Gasteiger partial charge in [0.1, 0.15) is 6.61 Å². The van der Waals surface area contributed by atoms with Gasteiger partial charge in [0.05, 0.1) is 17.0 Å². The molecule has 2 heterocycles.